The van der Waals surface area contributed by atoms with Gasteiger partial charge in [-0.3, -0.25) is 0 Å². The van der Waals surface area contributed by atoms with E-state index < -0.39 is 23.8 Å². The minimum absolute atomic E-state index is 0.110. The van der Waals surface area contributed by atoms with Crippen molar-refractivity contribution in [2.45, 2.75) is 37.2 Å². The first-order valence-corrected chi connectivity index (χ1v) is 9.84. The Kier molecular flexibility index (Phi) is 5.31. The van der Waals surface area contributed by atoms with E-state index in [1.54, 1.807) is 30.3 Å². The van der Waals surface area contributed by atoms with Gasteiger partial charge in [0.05, 0.1) is 6.10 Å². The van der Waals surface area contributed by atoms with E-state index in [1.807, 2.05) is 6.08 Å². The number of hydrogen-bond acceptors (Lipinski definition) is 6. The van der Waals surface area contributed by atoms with Crippen LogP contribution in [0.1, 0.15) is 30.9 Å². The minimum Gasteiger partial charge on any atom is -0.475 e. The molecule has 0 saturated carbocycles. The summed E-state index contributed by atoms with van der Waals surface area (Å²) in [5.74, 6) is -5.82. The molecular formula is C21H20ClNO7. The summed E-state index contributed by atoms with van der Waals surface area (Å²) in [6, 6.07) is 6.90. The molecule has 2 atom stereocenters. The van der Waals surface area contributed by atoms with E-state index in [4.69, 9.17) is 21.1 Å². The van der Waals surface area contributed by atoms with Crippen molar-refractivity contribution >= 4 is 23.5 Å². The molecule has 1 aromatic carbocycles. The van der Waals surface area contributed by atoms with Crippen molar-refractivity contribution in [1.82, 2.24) is 5.32 Å². The molecule has 0 aromatic heterocycles. The number of aliphatic hydroxyl groups excluding tert-OH is 1. The molecule has 0 spiro atoms. The average Bonchev–Trinajstić information content (AvgIpc) is 3.14. The van der Waals surface area contributed by atoms with Crippen LogP contribution in [0.5, 0.6) is 0 Å². The van der Waals surface area contributed by atoms with Crippen LogP contribution in [0.4, 0.5) is 0 Å². The maximum atomic E-state index is 11.5. The van der Waals surface area contributed by atoms with Crippen LogP contribution in [0.2, 0.25) is 5.02 Å². The van der Waals surface area contributed by atoms with Crippen LogP contribution in [0.15, 0.2) is 59.1 Å². The highest BCUT2D eigenvalue weighted by Crippen LogP contribution is 2.45. The number of carboxylic acids is 2. The Labute approximate surface area is 177 Å². The van der Waals surface area contributed by atoms with Gasteiger partial charge >= 0.3 is 17.7 Å². The molecule has 1 aliphatic heterocycles. The van der Waals surface area contributed by atoms with Gasteiger partial charge in [0, 0.05) is 29.6 Å². The van der Waals surface area contributed by atoms with Gasteiger partial charge in [-0.1, -0.05) is 35.9 Å². The predicted octanol–water partition coefficient (Wildman–Crippen LogP) is 2.51. The number of ether oxygens (including phenoxy) is 2. The number of aliphatic carboxylic acids is 2. The fourth-order valence-electron chi connectivity index (χ4n) is 3.91. The summed E-state index contributed by atoms with van der Waals surface area (Å²) in [5.41, 5.74) is 2.29. The summed E-state index contributed by atoms with van der Waals surface area (Å²) < 4.78 is 10.6. The molecule has 0 bridgehead atoms. The van der Waals surface area contributed by atoms with Crippen LogP contribution in [0.3, 0.4) is 0 Å². The SMILES string of the molecule is O=C(O)C1(C(=O)O)OC2=C(O1)C1=C(CC2)[C@H](NC[C@@H](O)c2cccc(Cl)c2)CC=C1. The van der Waals surface area contributed by atoms with Crippen molar-refractivity contribution in [2.24, 2.45) is 0 Å². The quantitative estimate of drug-likeness (QED) is 0.504. The summed E-state index contributed by atoms with van der Waals surface area (Å²) in [6.45, 7) is 0.285. The molecule has 158 valence electrons. The van der Waals surface area contributed by atoms with E-state index in [0.29, 0.717) is 35.4 Å². The van der Waals surface area contributed by atoms with E-state index >= 15 is 0 Å². The molecule has 30 heavy (non-hydrogen) atoms. The van der Waals surface area contributed by atoms with Crippen LogP contribution >= 0.6 is 11.6 Å². The molecule has 0 radical (unpaired) electrons. The lowest BCUT2D eigenvalue weighted by Gasteiger charge is -2.29. The molecular weight excluding hydrogens is 414 g/mol. The van der Waals surface area contributed by atoms with Gasteiger partial charge in [0.2, 0.25) is 0 Å². The smallest absolute Gasteiger partial charge is 0.452 e. The Morgan fingerprint density at radius 3 is 2.70 bits per heavy atom. The molecule has 2 aliphatic carbocycles. The Morgan fingerprint density at radius 1 is 1.23 bits per heavy atom. The summed E-state index contributed by atoms with van der Waals surface area (Å²) >= 11 is 5.99. The Bertz CT molecular complexity index is 983. The molecule has 1 heterocycles. The molecule has 1 aromatic rings. The van der Waals surface area contributed by atoms with E-state index in [9.17, 15) is 24.9 Å². The zero-order chi connectivity index (χ0) is 21.5. The standard InChI is InChI=1S/C21H20ClNO7/c22-12-4-1-3-11(9-12)16(24)10-23-15-6-2-5-14-13(15)7-8-17-18(14)30-21(29-17,19(25)26)20(27)28/h1-5,9,15-16,23-24H,6-8,10H2,(H,25,26)(H,27,28)/t15-,16-/m1/s1. The van der Waals surface area contributed by atoms with Gasteiger partial charge in [-0.05, 0) is 36.1 Å². The van der Waals surface area contributed by atoms with Gasteiger partial charge in [0.1, 0.15) is 5.76 Å². The number of aliphatic hydroxyl groups is 1. The number of hydrogen-bond donors (Lipinski definition) is 4. The van der Waals surface area contributed by atoms with Gasteiger partial charge in [-0.15, -0.1) is 0 Å². The molecule has 0 saturated heterocycles. The fourth-order valence-corrected chi connectivity index (χ4v) is 4.11. The first-order chi connectivity index (χ1) is 14.3. The lowest BCUT2D eigenvalue weighted by atomic mass is 9.84. The number of rotatable bonds is 6. The zero-order valence-corrected chi connectivity index (χ0v) is 16.6. The van der Waals surface area contributed by atoms with Gasteiger partial charge in [0.25, 0.3) is 0 Å². The third-order valence-corrected chi connectivity index (χ3v) is 5.64. The van der Waals surface area contributed by atoms with Crippen LogP contribution in [-0.4, -0.2) is 45.6 Å². The summed E-state index contributed by atoms with van der Waals surface area (Å²) in [4.78, 5) is 23.1. The predicted molar refractivity (Wildman–Crippen MR) is 105 cm³/mol. The van der Waals surface area contributed by atoms with Crippen LogP contribution in [-0.2, 0) is 19.1 Å². The Morgan fingerprint density at radius 2 is 2.00 bits per heavy atom. The third kappa shape index (κ3) is 3.47. The number of carboxylic acid groups (broad SMARTS) is 2. The normalized spacial score (nSPS) is 22.7. The molecule has 4 N–H and O–H groups in total. The largest absolute Gasteiger partial charge is 0.475 e. The zero-order valence-electron chi connectivity index (χ0n) is 15.8. The van der Waals surface area contributed by atoms with Crippen molar-refractivity contribution in [3.63, 3.8) is 0 Å². The molecule has 3 aliphatic rings. The van der Waals surface area contributed by atoms with Crippen molar-refractivity contribution in [2.75, 3.05) is 6.54 Å². The second-order valence-corrected chi connectivity index (χ2v) is 7.73. The highest BCUT2D eigenvalue weighted by molar-refractivity contribution is 6.30. The summed E-state index contributed by atoms with van der Waals surface area (Å²) in [5, 5.41) is 33.1. The number of carbonyl (C=O) groups is 2. The summed E-state index contributed by atoms with van der Waals surface area (Å²) in [6.07, 6.45) is 4.49. The van der Waals surface area contributed by atoms with Gasteiger partial charge in [-0.2, -0.15) is 0 Å². The number of nitrogens with one attached hydrogen (secondary N) is 1. The van der Waals surface area contributed by atoms with E-state index in [-0.39, 0.29) is 24.1 Å². The van der Waals surface area contributed by atoms with E-state index in [1.165, 1.54) is 0 Å². The number of allylic oxidation sites excluding steroid dienone is 2. The lowest BCUT2D eigenvalue weighted by Crippen LogP contribution is -2.48. The molecule has 0 amide bonds. The van der Waals surface area contributed by atoms with Crippen molar-refractivity contribution < 1.29 is 34.4 Å². The van der Waals surface area contributed by atoms with Gasteiger partial charge in [-0.25, -0.2) is 9.59 Å². The maximum absolute atomic E-state index is 11.5. The van der Waals surface area contributed by atoms with Crippen LogP contribution in [0, 0.1) is 0 Å². The Hall–Kier alpha value is -2.81. The minimum atomic E-state index is -2.76. The van der Waals surface area contributed by atoms with Crippen molar-refractivity contribution in [3.05, 3.63) is 69.7 Å². The van der Waals surface area contributed by atoms with Gasteiger partial charge in [0.15, 0.2) is 5.76 Å². The van der Waals surface area contributed by atoms with Crippen LogP contribution in [0.25, 0.3) is 0 Å². The first kappa shape index (κ1) is 20.5. The number of benzene rings is 1. The van der Waals surface area contributed by atoms with Crippen molar-refractivity contribution in [1.29, 1.82) is 0 Å². The molecule has 0 fully saturated rings. The third-order valence-electron chi connectivity index (χ3n) is 5.41. The highest BCUT2D eigenvalue weighted by Gasteiger charge is 2.59. The highest BCUT2D eigenvalue weighted by atomic mass is 35.5. The number of fused-ring (bicyclic) bond motifs is 1. The fraction of sp³-hybridized carbons (Fsp3) is 0.333. The van der Waals surface area contributed by atoms with Crippen LogP contribution < -0.4 is 5.32 Å². The van der Waals surface area contributed by atoms with E-state index in [2.05, 4.69) is 5.32 Å². The topological polar surface area (TPSA) is 125 Å². The number of halogens is 1. The second kappa shape index (κ2) is 7.79. The summed E-state index contributed by atoms with van der Waals surface area (Å²) in [7, 11) is 0. The average molecular weight is 434 g/mol. The Balaban J connectivity index is 1.52. The maximum Gasteiger partial charge on any atom is 0.452 e. The lowest BCUT2D eigenvalue weighted by molar-refractivity contribution is -0.212. The molecule has 9 heteroatoms. The second-order valence-electron chi connectivity index (χ2n) is 7.29. The van der Waals surface area contributed by atoms with Gasteiger partial charge < -0.3 is 30.1 Å². The molecule has 4 rings (SSSR count). The van der Waals surface area contributed by atoms with E-state index in [0.717, 1.165) is 5.57 Å². The monoisotopic (exact) mass is 433 g/mol. The molecule has 0 unspecified atom stereocenters. The molecule has 8 nitrogen and oxygen atoms in total. The van der Waals surface area contributed by atoms with Crippen molar-refractivity contribution in [3.8, 4) is 0 Å². The first-order valence-electron chi connectivity index (χ1n) is 9.46.